The van der Waals surface area contributed by atoms with E-state index in [9.17, 15) is 9.90 Å². The van der Waals surface area contributed by atoms with Gasteiger partial charge >= 0.3 is 6.09 Å². The van der Waals surface area contributed by atoms with E-state index in [1.165, 1.54) is 16.7 Å². The minimum atomic E-state index is -0.520. The van der Waals surface area contributed by atoms with E-state index in [2.05, 4.69) is 32.0 Å². The van der Waals surface area contributed by atoms with Crippen molar-refractivity contribution in [3.63, 3.8) is 0 Å². The molecule has 0 aromatic heterocycles. The Balaban J connectivity index is 2.21. The Hall–Kier alpha value is -1.55. The quantitative estimate of drug-likeness (QED) is 0.911. The number of likely N-dealkylation sites (tertiary alicyclic amines) is 1. The highest BCUT2D eigenvalue weighted by Gasteiger charge is 2.38. The molecule has 2 atom stereocenters. The summed E-state index contributed by atoms with van der Waals surface area (Å²) in [6.07, 6.45) is 0.446. The molecule has 1 aromatic carbocycles. The highest BCUT2D eigenvalue weighted by atomic mass is 16.6. The van der Waals surface area contributed by atoms with Crippen LogP contribution in [-0.2, 0) is 4.74 Å². The molecule has 0 aliphatic carbocycles. The number of amides is 1. The molecule has 0 spiro atoms. The fraction of sp³-hybridized carbons (Fsp3) is 0.611. The molecule has 4 nitrogen and oxygen atoms in total. The fourth-order valence-corrected chi connectivity index (χ4v) is 3.31. The van der Waals surface area contributed by atoms with Gasteiger partial charge in [-0.2, -0.15) is 0 Å². The molecule has 2 rings (SSSR count). The van der Waals surface area contributed by atoms with Crippen LogP contribution in [0.15, 0.2) is 18.2 Å². The average molecular weight is 305 g/mol. The lowest BCUT2D eigenvalue weighted by molar-refractivity contribution is 0.0174. The van der Waals surface area contributed by atoms with Crippen molar-refractivity contribution >= 4 is 6.09 Å². The first kappa shape index (κ1) is 16.8. The Morgan fingerprint density at radius 1 is 1.32 bits per heavy atom. The van der Waals surface area contributed by atoms with E-state index < -0.39 is 5.60 Å². The van der Waals surface area contributed by atoms with Crippen molar-refractivity contribution < 1.29 is 14.6 Å². The molecular formula is C18H27NO3. The van der Waals surface area contributed by atoms with Crippen LogP contribution >= 0.6 is 0 Å². The molecule has 22 heavy (non-hydrogen) atoms. The van der Waals surface area contributed by atoms with Crippen LogP contribution in [-0.4, -0.2) is 40.9 Å². The van der Waals surface area contributed by atoms with E-state index in [1.807, 2.05) is 20.8 Å². The monoisotopic (exact) mass is 305 g/mol. The summed E-state index contributed by atoms with van der Waals surface area (Å²) >= 11 is 0. The van der Waals surface area contributed by atoms with Crippen molar-refractivity contribution in [2.45, 2.75) is 58.6 Å². The van der Waals surface area contributed by atoms with Crippen LogP contribution in [0.1, 0.15) is 49.8 Å². The van der Waals surface area contributed by atoms with Gasteiger partial charge < -0.3 is 14.7 Å². The highest BCUT2D eigenvalue weighted by molar-refractivity contribution is 5.69. The second-order valence-electron chi connectivity index (χ2n) is 7.21. The zero-order valence-electron chi connectivity index (χ0n) is 14.2. The van der Waals surface area contributed by atoms with Crippen LogP contribution < -0.4 is 0 Å². The number of hydrogen-bond acceptors (Lipinski definition) is 3. The van der Waals surface area contributed by atoms with Crippen molar-refractivity contribution in [2.75, 3.05) is 13.2 Å². The number of hydrogen-bond donors (Lipinski definition) is 1. The molecule has 122 valence electrons. The molecule has 0 unspecified atom stereocenters. The maximum atomic E-state index is 12.4. The lowest BCUT2D eigenvalue weighted by atomic mass is 9.89. The number of aliphatic hydroxyl groups excluding tert-OH is 1. The number of carbonyl (C=O) groups is 1. The predicted molar refractivity (Wildman–Crippen MR) is 87.1 cm³/mol. The van der Waals surface area contributed by atoms with Gasteiger partial charge in [-0.05, 0) is 57.7 Å². The van der Waals surface area contributed by atoms with Crippen LogP contribution in [0.2, 0.25) is 0 Å². The molecule has 1 aromatic rings. The van der Waals surface area contributed by atoms with Crippen LogP contribution in [0.4, 0.5) is 4.79 Å². The topological polar surface area (TPSA) is 49.8 Å². The Bertz CT molecular complexity index is 528. The number of carbonyl (C=O) groups excluding carboxylic acids is 1. The van der Waals surface area contributed by atoms with Gasteiger partial charge in [0.05, 0.1) is 12.6 Å². The second-order valence-corrected chi connectivity index (χ2v) is 7.21. The predicted octanol–water partition coefficient (Wildman–Crippen LogP) is 3.39. The van der Waals surface area contributed by atoms with Crippen LogP contribution in [0.3, 0.4) is 0 Å². The molecule has 1 fully saturated rings. The van der Waals surface area contributed by atoms with Gasteiger partial charge in [-0.1, -0.05) is 18.2 Å². The smallest absolute Gasteiger partial charge is 0.410 e. The maximum absolute atomic E-state index is 12.4. The number of ether oxygens (including phenoxy) is 1. The number of benzene rings is 1. The molecule has 1 heterocycles. The third-order valence-corrected chi connectivity index (χ3v) is 4.20. The summed E-state index contributed by atoms with van der Waals surface area (Å²) in [5.41, 5.74) is 3.26. The summed E-state index contributed by atoms with van der Waals surface area (Å²) < 4.78 is 5.47. The minimum absolute atomic E-state index is 0.0271. The average Bonchev–Trinajstić information content (AvgIpc) is 2.80. The summed E-state index contributed by atoms with van der Waals surface area (Å²) in [6, 6.07) is 6.09. The lowest BCUT2D eigenvalue weighted by Gasteiger charge is -2.27. The molecule has 1 saturated heterocycles. The van der Waals surface area contributed by atoms with E-state index in [0.717, 1.165) is 6.42 Å². The number of aryl methyl sites for hydroxylation is 2. The maximum Gasteiger partial charge on any atom is 0.410 e. The van der Waals surface area contributed by atoms with E-state index in [0.29, 0.717) is 6.54 Å². The molecule has 0 radical (unpaired) electrons. The standard InChI is InChI=1S/C18H27NO3/c1-12-7-6-8-13(2)16(12)14-9-15(11-20)19(10-14)17(21)22-18(3,4)5/h6-8,14-15,20H,9-11H2,1-5H3/t14-,15-/m0/s1. The first-order chi connectivity index (χ1) is 10.2. The summed E-state index contributed by atoms with van der Waals surface area (Å²) in [5, 5.41) is 9.64. The molecule has 0 bridgehead atoms. The van der Waals surface area contributed by atoms with Gasteiger partial charge in [0.25, 0.3) is 0 Å². The van der Waals surface area contributed by atoms with E-state index in [1.54, 1.807) is 4.90 Å². The first-order valence-corrected chi connectivity index (χ1v) is 7.89. The Morgan fingerprint density at radius 3 is 2.41 bits per heavy atom. The Kier molecular flexibility index (Phi) is 4.81. The van der Waals surface area contributed by atoms with Gasteiger partial charge in [-0.25, -0.2) is 4.79 Å². The third kappa shape index (κ3) is 3.61. The van der Waals surface area contributed by atoms with Crippen LogP contribution in [0.5, 0.6) is 0 Å². The van der Waals surface area contributed by atoms with Gasteiger partial charge in [-0.3, -0.25) is 0 Å². The summed E-state index contributed by atoms with van der Waals surface area (Å²) in [4.78, 5) is 14.1. The lowest BCUT2D eigenvalue weighted by Crippen LogP contribution is -2.41. The van der Waals surface area contributed by atoms with Gasteiger partial charge in [0.2, 0.25) is 0 Å². The van der Waals surface area contributed by atoms with Crippen LogP contribution in [0, 0.1) is 13.8 Å². The van der Waals surface area contributed by atoms with Gasteiger partial charge in [0.1, 0.15) is 5.60 Å². The molecule has 1 aliphatic heterocycles. The first-order valence-electron chi connectivity index (χ1n) is 7.89. The molecule has 0 saturated carbocycles. The highest BCUT2D eigenvalue weighted by Crippen LogP contribution is 2.35. The molecule has 1 aliphatic rings. The van der Waals surface area contributed by atoms with E-state index in [4.69, 9.17) is 4.74 Å². The van der Waals surface area contributed by atoms with Crippen molar-refractivity contribution in [1.29, 1.82) is 0 Å². The largest absolute Gasteiger partial charge is 0.444 e. The Labute approximate surface area is 133 Å². The van der Waals surface area contributed by atoms with Crippen molar-refractivity contribution in [3.05, 3.63) is 34.9 Å². The van der Waals surface area contributed by atoms with E-state index >= 15 is 0 Å². The second kappa shape index (κ2) is 6.29. The number of aliphatic hydroxyl groups is 1. The summed E-state index contributed by atoms with van der Waals surface area (Å²) in [7, 11) is 0. The third-order valence-electron chi connectivity index (χ3n) is 4.20. The Morgan fingerprint density at radius 2 is 1.91 bits per heavy atom. The fourth-order valence-electron chi connectivity index (χ4n) is 3.31. The minimum Gasteiger partial charge on any atom is -0.444 e. The van der Waals surface area contributed by atoms with Gasteiger partial charge in [0, 0.05) is 12.5 Å². The van der Waals surface area contributed by atoms with E-state index in [-0.39, 0.29) is 24.7 Å². The molecular weight excluding hydrogens is 278 g/mol. The van der Waals surface area contributed by atoms with Crippen molar-refractivity contribution in [1.82, 2.24) is 4.90 Å². The SMILES string of the molecule is Cc1cccc(C)c1[C@H]1C[C@@H](CO)N(C(=O)OC(C)(C)C)C1. The van der Waals surface area contributed by atoms with Gasteiger partial charge in [-0.15, -0.1) is 0 Å². The molecule has 4 heteroatoms. The number of rotatable bonds is 2. The normalized spacial score (nSPS) is 22.0. The molecule has 1 N–H and O–H groups in total. The summed E-state index contributed by atoms with van der Waals surface area (Å²) in [5.74, 6) is 0.255. The zero-order valence-corrected chi connectivity index (χ0v) is 14.2. The van der Waals surface area contributed by atoms with Crippen LogP contribution in [0.25, 0.3) is 0 Å². The van der Waals surface area contributed by atoms with Gasteiger partial charge in [0.15, 0.2) is 0 Å². The zero-order chi connectivity index (χ0) is 16.5. The molecule has 1 amide bonds. The van der Waals surface area contributed by atoms with Crippen molar-refractivity contribution in [2.24, 2.45) is 0 Å². The number of nitrogens with zero attached hydrogens (tertiary/aromatic N) is 1. The van der Waals surface area contributed by atoms with Crippen molar-refractivity contribution in [3.8, 4) is 0 Å². The summed E-state index contributed by atoms with van der Waals surface area (Å²) in [6.45, 7) is 10.4.